The maximum absolute atomic E-state index is 13.4. The lowest BCUT2D eigenvalue weighted by Gasteiger charge is -2.23. The van der Waals surface area contributed by atoms with Crippen LogP contribution in [0.25, 0.3) is 0 Å². The Morgan fingerprint density at radius 3 is 3.15 bits per heavy atom. The molecule has 0 saturated heterocycles. The summed E-state index contributed by atoms with van der Waals surface area (Å²) in [7, 11) is 1.86. The van der Waals surface area contributed by atoms with Gasteiger partial charge in [0.1, 0.15) is 6.17 Å². The second-order valence-electron chi connectivity index (χ2n) is 3.22. The molecule has 2 nitrogen and oxygen atoms in total. The van der Waals surface area contributed by atoms with E-state index in [1.165, 1.54) is 0 Å². The maximum Gasteiger partial charge on any atom is 0.138 e. The minimum atomic E-state index is -0.864. The topological polar surface area (TPSA) is 24.1 Å². The van der Waals surface area contributed by atoms with Crippen LogP contribution in [-0.2, 0) is 6.54 Å². The summed E-state index contributed by atoms with van der Waals surface area (Å²) in [5.74, 6) is 0. The summed E-state index contributed by atoms with van der Waals surface area (Å²) in [4.78, 5) is 0. The lowest BCUT2D eigenvalue weighted by atomic mass is 9.98. The largest absolute Gasteiger partial charge is 0.388 e. The van der Waals surface area contributed by atoms with Crippen molar-refractivity contribution in [1.82, 2.24) is 5.32 Å². The molecule has 1 aromatic carbocycles. The van der Waals surface area contributed by atoms with Crippen LogP contribution in [0.4, 0.5) is 10.1 Å². The van der Waals surface area contributed by atoms with Crippen LogP contribution >= 0.6 is 0 Å². The maximum atomic E-state index is 13.4. The average molecular weight is 180 g/mol. The summed E-state index contributed by atoms with van der Waals surface area (Å²) in [6.45, 7) is 1.19. The Labute approximate surface area is 77.2 Å². The molecule has 1 aliphatic rings. The molecule has 0 saturated carbocycles. The number of halogens is 1. The molecule has 3 heteroatoms. The number of alkyl halides is 1. The highest BCUT2D eigenvalue weighted by Crippen LogP contribution is 2.29. The van der Waals surface area contributed by atoms with E-state index in [0.29, 0.717) is 6.54 Å². The van der Waals surface area contributed by atoms with E-state index in [0.717, 1.165) is 23.4 Å². The number of nitrogens with one attached hydrogen (secondary N) is 2. The zero-order valence-electron chi connectivity index (χ0n) is 7.60. The Hall–Kier alpha value is -1.09. The fourth-order valence-corrected chi connectivity index (χ4v) is 1.76. The van der Waals surface area contributed by atoms with Crippen LogP contribution in [0.2, 0.25) is 0 Å². The van der Waals surface area contributed by atoms with Gasteiger partial charge < -0.3 is 10.6 Å². The Balaban J connectivity index is 2.48. The predicted octanol–water partition coefficient (Wildman–Crippen LogP) is 1.84. The van der Waals surface area contributed by atoms with Gasteiger partial charge in [0, 0.05) is 25.8 Å². The molecule has 1 aromatic rings. The zero-order chi connectivity index (χ0) is 9.26. The third-order valence-corrected chi connectivity index (χ3v) is 2.44. The summed E-state index contributed by atoms with van der Waals surface area (Å²) in [6, 6.07) is 5.72. The molecule has 0 spiro atoms. The molecule has 1 atom stereocenters. The smallest absolute Gasteiger partial charge is 0.138 e. The molecule has 0 aliphatic carbocycles. The van der Waals surface area contributed by atoms with Crippen LogP contribution in [0, 0.1) is 0 Å². The van der Waals surface area contributed by atoms with Crippen molar-refractivity contribution in [1.29, 1.82) is 0 Å². The summed E-state index contributed by atoms with van der Waals surface area (Å²) >= 11 is 0. The van der Waals surface area contributed by atoms with Crippen molar-refractivity contribution in [3.8, 4) is 0 Å². The second kappa shape index (κ2) is 3.34. The standard InChI is InChI=1S/C10H13FN2/c1-12-10-4-2-3-7-8(10)5-13-6-9(7)11/h2-4,9,12-13H,5-6H2,1H3/t9-/m1/s1. The van der Waals surface area contributed by atoms with Gasteiger partial charge in [-0.1, -0.05) is 12.1 Å². The number of rotatable bonds is 1. The van der Waals surface area contributed by atoms with Gasteiger partial charge in [-0.25, -0.2) is 4.39 Å². The number of fused-ring (bicyclic) bond motifs is 1. The van der Waals surface area contributed by atoms with Crippen molar-refractivity contribution in [2.24, 2.45) is 0 Å². The molecule has 0 bridgehead atoms. The molecule has 0 radical (unpaired) electrons. The van der Waals surface area contributed by atoms with Gasteiger partial charge >= 0.3 is 0 Å². The van der Waals surface area contributed by atoms with Gasteiger partial charge in [0.25, 0.3) is 0 Å². The lowest BCUT2D eigenvalue weighted by Crippen LogP contribution is -2.26. The predicted molar refractivity (Wildman–Crippen MR) is 51.5 cm³/mol. The average Bonchev–Trinajstić information content (AvgIpc) is 2.18. The van der Waals surface area contributed by atoms with Crippen molar-refractivity contribution in [2.45, 2.75) is 12.7 Å². The highest BCUT2D eigenvalue weighted by atomic mass is 19.1. The van der Waals surface area contributed by atoms with Gasteiger partial charge in [-0.3, -0.25) is 0 Å². The van der Waals surface area contributed by atoms with Crippen molar-refractivity contribution < 1.29 is 4.39 Å². The van der Waals surface area contributed by atoms with E-state index in [1.807, 2.05) is 25.2 Å². The van der Waals surface area contributed by atoms with E-state index >= 15 is 0 Å². The minimum absolute atomic E-state index is 0.431. The molecule has 1 aliphatic heterocycles. The molecule has 13 heavy (non-hydrogen) atoms. The normalized spacial score (nSPS) is 20.9. The van der Waals surface area contributed by atoms with Crippen molar-refractivity contribution in [2.75, 3.05) is 18.9 Å². The Kier molecular flexibility index (Phi) is 2.19. The van der Waals surface area contributed by atoms with Gasteiger partial charge in [-0.15, -0.1) is 0 Å². The fraction of sp³-hybridized carbons (Fsp3) is 0.400. The molecule has 0 amide bonds. The Morgan fingerprint density at radius 1 is 1.54 bits per heavy atom. The van der Waals surface area contributed by atoms with Gasteiger partial charge in [0.05, 0.1) is 0 Å². The summed E-state index contributed by atoms with van der Waals surface area (Å²) in [5.41, 5.74) is 2.90. The summed E-state index contributed by atoms with van der Waals surface area (Å²) < 4.78 is 13.4. The lowest BCUT2D eigenvalue weighted by molar-refractivity contribution is 0.311. The third-order valence-electron chi connectivity index (χ3n) is 2.44. The van der Waals surface area contributed by atoms with Gasteiger partial charge in [0.15, 0.2) is 0 Å². The molecule has 0 fully saturated rings. The first-order valence-electron chi connectivity index (χ1n) is 4.47. The van der Waals surface area contributed by atoms with Crippen LogP contribution in [0.1, 0.15) is 17.3 Å². The number of hydrogen-bond acceptors (Lipinski definition) is 2. The highest BCUT2D eigenvalue weighted by Gasteiger charge is 2.20. The Morgan fingerprint density at radius 2 is 2.38 bits per heavy atom. The van der Waals surface area contributed by atoms with E-state index in [4.69, 9.17) is 0 Å². The highest BCUT2D eigenvalue weighted by molar-refractivity contribution is 5.55. The summed E-state index contributed by atoms with van der Waals surface area (Å²) in [5, 5.41) is 6.12. The van der Waals surface area contributed by atoms with E-state index in [1.54, 1.807) is 0 Å². The molecule has 70 valence electrons. The van der Waals surface area contributed by atoms with Crippen LogP contribution in [0.15, 0.2) is 18.2 Å². The van der Waals surface area contributed by atoms with Gasteiger partial charge in [-0.2, -0.15) is 0 Å². The van der Waals surface area contributed by atoms with E-state index < -0.39 is 6.17 Å². The molecule has 1 heterocycles. The number of benzene rings is 1. The fourth-order valence-electron chi connectivity index (χ4n) is 1.76. The van der Waals surface area contributed by atoms with Crippen LogP contribution in [0.5, 0.6) is 0 Å². The van der Waals surface area contributed by atoms with Crippen LogP contribution in [0.3, 0.4) is 0 Å². The quantitative estimate of drug-likeness (QED) is 0.689. The summed E-state index contributed by atoms with van der Waals surface area (Å²) in [6.07, 6.45) is -0.864. The molecule has 2 N–H and O–H groups in total. The SMILES string of the molecule is CNc1cccc2c1CNC[C@H]2F. The molecule has 2 rings (SSSR count). The molecule has 0 aromatic heterocycles. The van der Waals surface area contributed by atoms with E-state index in [-0.39, 0.29) is 0 Å². The van der Waals surface area contributed by atoms with E-state index in [2.05, 4.69) is 10.6 Å². The first kappa shape index (κ1) is 8.51. The van der Waals surface area contributed by atoms with Crippen LogP contribution in [-0.4, -0.2) is 13.6 Å². The minimum Gasteiger partial charge on any atom is -0.388 e. The van der Waals surface area contributed by atoms with Crippen molar-refractivity contribution in [3.63, 3.8) is 0 Å². The molecular weight excluding hydrogens is 167 g/mol. The first-order valence-corrected chi connectivity index (χ1v) is 4.47. The molecular formula is C10H13FN2. The molecule has 0 unspecified atom stereocenters. The van der Waals surface area contributed by atoms with Crippen molar-refractivity contribution in [3.05, 3.63) is 29.3 Å². The van der Waals surface area contributed by atoms with Gasteiger partial charge in [0.2, 0.25) is 0 Å². The monoisotopic (exact) mass is 180 g/mol. The third kappa shape index (κ3) is 1.40. The second-order valence-corrected chi connectivity index (χ2v) is 3.22. The number of hydrogen-bond donors (Lipinski definition) is 2. The van der Waals surface area contributed by atoms with E-state index in [9.17, 15) is 4.39 Å². The Bertz CT molecular complexity index is 312. The number of anilines is 1. The first-order chi connectivity index (χ1) is 6.33. The zero-order valence-corrected chi connectivity index (χ0v) is 7.60. The van der Waals surface area contributed by atoms with Crippen molar-refractivity contribution >= 4 is 5.69 Å². The van der Waals surface area contributed by atoms with Crippen LogP contribution < -0.4 is 10.6 Å². The van der Waals surface area contributed by atoms with Gasteiger partial charge in [-0.05, 0) is 17.2 Å².